The first-order valence-corrected chi connectivity index (χ1v) is 16.1. The SMILES string of the molecule is COc1nc(-c2cccc(-c3cccc(NC(=O)c4cn(C)c(=O)n(C)c4=O)c3Cl)c2Cl)cc2c1C(NCC1CCC(=O)N1)C(OC)C2. The molecule has 1 saturated heterocycles. The highest BCUT2D eigenvalue weighted by molar-refractivity contribution is 6.39. The van der Waals surface area contributed by atoms with E-state index in [0.29, 0.717) is 52.7 Å². The largest absolute Gasteiger partial charge is 0.481 e. The molecule has 48 heavy (non-hydrogen) atoms. The van der Waals surface area contributed by atoms with Crippen LogP contribution in [0.4, 0.5) is 5.69 Å². The van der Waals surface area contributed by atoms with Crippen LogP contribution in [-0.2, 0) is 30.0 Å². The lowest BCUT2D eigenvalue weighted by atomic mass is 9.99. The van der Waals surface area contributed by atoms with Gasteiger partial charge in [-0.1, -0.05) is 53.5 Å². The summed E-state index contributed by atoms with van der Waals surface area (Å²) in [4.78, 5) is 54.4. The maximum Gasteiger partial charge on any atom is 0.330 e. The van der Waals surface area contributed by atoms with Crippen molar-refractivity contribution in [1.29, 1.82) is 0 Å². The fraction of sp³-hybridized carbons (Fsp3) is 0.324. The van der Waals surface area contributed by atoms with Crippen molar-refractivity contribution in [1.82, 2.24) is 24.8 Å². The number of amides is 2. The maximum absolute atomic E-state index is 13.1. The number of methoxy groups -OCH3 is 2. The lowest BCUT2D eigenvalue weighted by molar-refractivity contribution is -0.119. The van der Waals surface area contributed by atoms with E-state index >= 15 is 0 Å². The van der Waals surface area contributed by atoms with Crippen molar-refractivity contribution >= 4 is 40.7 Å². The molecule has 1 aliphatic carbocycles. The Hall–Kier alpha value is -4.49. The van der Waals surface area contributed by atoms with Gasteiger partial charge >= 0.3 is 5.69 Å². The van der Waals surface area contributed by atoms with E-state index in [1.165, 1.54) is 20.3 Å². The van der Waals surface area contributed by atoms with Crippen LogP contribution < -0.4 is 31.9 Å². The van der Waals surface area contributed by atoms with Crippen LogP contribution in [0, 0.1) is 0 Å². The fourth-order valence-electron chi connectivity index (χ4n) is 6.38. The van der Waals surface area contributed by atoms with Crippen LogP contribution in [0.2, 0.25) is 10.0 Å². The van der Waals surface area contributed by atoms with Crippen molar-refractivity contribution in [2.75, 3.05) is 26.1 Å². The predicted octanol–water partition coefficient (Wildman–Crippen LogP) is 3.86. The minimum absolute atomic E-state index is 0.0541. The maximum atomic E-state index is 13.1. The zero-order valence-corrected chi connectivity index (χ0v) is 28.2. The van der Waals surface area contributed by atoms with Gasteiger partial charge in [-0.05, 0) is 24.1 Å². The van der Waals surface area contributed by atoms with Gasteiger partial charge in [0.25, 0.3) is 11.5 Å². The van der Waals surface area contributed by atoms with E-state index in [0.717, 1.165) is 26.7 Å². The van der Waals surface area contributed by atoms with E-state index in [1.807, 2.05) is 24.3 Å². The first-order valence-electron chi connectivity index (χ1n) is 15.3. The molecule has 0 bridgehead atoms. The minimum atomic E-state index is -0.725. The molecular weight excluding hydrogens is 659 g/mol. The topological polar surface area (TPSA) is 146 Å². The third-order valence-electron chi connectivity index (χ3n) is 8.88. The molecule has 4 aromatic rings. The molecule has 3 unspecified atom stereocenters. The summed E-state index contributed by atoms with van der Waals surface area (Å²) in [5.41, 5.74) is 3.08. The second-order valence-corrected chi connectivity index (χ2v) is 12.6. The number of aromatic nitrogens is 3. The van der Waals surface area contributed by atoms with E-state index in [4.69, 9.17) is 37.7 Å². The number of carbonyl (C=O) groups excluding carboxylic acids is 2. The summed E-state index contributed by atoms with van der Waals surface area (Å²) in [5, 5.41) is 9.84. The Morgan fingerprint density at radius 2 is 1.75 bits per heavy atom. The summed E-state index contributed by atoms with van der Waals surface area (Å²) in [6, 6.07) is 12.5. The number of carbonyl (C=O) groups is 2. The fourth-order valence-corrected chi connectivity index (χ4v) is 6.98. The molecule has 0 saturated carbocycles. The molecule has 250 valence electrons. The molecule has 12 nitrogen and oxygen atoms in total. The number of hydrogen-bond donors (Lipinski definition) is 3. The number of nitrogens with one attached hydrogen (secondary N) is 3. The van der Waals surface area contributed by atoms with E-state index in [1.54, 1.807) is 32.4 Å². The molecule has 2 aromatic carbocycles. The quantitative estimate of drug-likeness (QED) is 0.240. The van der Waals surface area contributed by atoms with Gasteiger partial charge in [0, 0.05) is 75.1 Å². The predicted molar refractivity (Wildman–Crippen MR) is 183 cm³/mol. The van der Waals surface area contributed by atoms with Crippen LogP contribution in [0.5, 0.6) is 5.88 Å². The Bertz CT molecular complexity index is 2060. The first kappa shape index (κ1) is 33.4. The van der Waals surface area contributed by atoms with Crippen molar-refractivity contribution in [2.45, 2.75) is 37.5 Å². The van der Waals surface area contributed by atoms with Gasteiger partial charge in [0.1, 0.15) is 5.56 Å². The number of hydrogen-bond acceptors (Lipinski definition) is 8. The summed E-state index contributed by atoms with van der Waals surface area (Å²) in [7, 11) is 6.01. The summed E-state index contributed by atoms with van der Waals surface area (Å²) in [6.07, 6.45) is 2.95. The zero-order valence-electron chi connectivity index (χ0n) is 26.7. The van der Waals surface area contributed by atoms with E-state index in [2.05, 4.69) is 16.0 Å². The van der Waals surface area contributed by atoms with Crippen LogP contribution in [0.3, 0.4) is 0 Å². The molecule has 1 aliphatic heterocycles. The number of nitrogens with zero attached hydrogens (tertiary/aromatic N) is 3. The van der Waals surface area contributed by atoms with E-state index in [-0.39, 0.29) is 40.4 Å². The van der Waals surface area contributed by atoms with Crippen molar-refractivity contribution in [3.05, 3.63) is 96.2 Å². The molecule has 0 spiro atoms. The summed E-state index contributed by atoms with van der Waals surface area (Å²) in [6.45, 7) is 0.594. The number of fused-ring (bicyclic) bond motifs is 1. The molecule has 2 aliphatic rings. The highest BCUT2D eigenvalue weighted by atomic mass is 35.5. The summed E-state index contributed by atoms with van der Waals surface area (Å²) >= 11 is 13.9. The Morgan fingerprint density at radius 1 is 1.04 bits per heavy atom. The van der Waals surface area contributed by atoms with Gasteiger partial charge in [0.2, 0.25) is 11.8 Å². The molecule has 3 N–H and O–H groups in total. The van der Waals surface area contributed by atoms with Crippen LogP contribution in [0.1, 0.15) is 40.4 Å². The Balaban J connectivity index is 1.32. The standard InChI is InChI=1S/C34H34Cl2N6O6/c1-41-16-22(33(45)42(2)34(41)46)31(44)39-23-10-6-8-20(29(23)36)19-7-5-9-21(28(19)35)24-13-17-14-25(47-3)30(27(17)32(40-24)48-4)37-15-18-11-12-26(43)38-18/h5-10,13,16,18,25,30,37H,11-12,14-15H2,1-4H3,(H,38,43)(H,39,44). The molecule has 1 fully saturated rings. The molecule has 14 heteroatoms. The van der Waals surface area contributed by atoms with Crippen LogP contribution in [0.25, 0.3) is 22.4 Å². The highest BCUT2D eigenvalue weighted by Gasteiger charge is 2.37. The number of halogens is 2. The second-order valence-electron chi connectivity index (χ2n) is 11.8. The Labute approximate surface area is 286 Å². The van der Waals surface area contributed by atoms with E-state index < -0.39 is 17.2 Å². The number of benzene rings is 2. The van der Waals surface area contributed by atoms with Crippen molar-refractivity contribution in [2.24, 2.45) is 14.1 Å². The third-order valence-corrected chi connectivity index (χ3v) is 9.70. The Morgan fingerprint density at radius 3 is 2.44 bits per heavy atom. The average molecular weight is 694 g/mol. The monoisotopic (exact) mass is 692 g/mol. The van der Waals surface area contributed by atoms with Gasteiger partial charge in [0.05, 0.1) is 40.7 Å². The molecule has 2 amide bonds. The molecule has 3 heterocycles. The molecular formula is C34H34Cl2N6O6. The second kappa shape index (κ2) is 13.6. The molecule has 0 radical (unpaired) electrons. The smallest absolute Gasteiger partial charge is 0.330 e. The number of pyridine rings is 1. The number of rotatable bonds is 9. The van der Waals surface area contributed by atoms with Crippen LogP contribution in [-0.4, -0.2) is 58.8 Å². The summed E-state index contributed by atoms with van der Waals surface area (Å²) in [5.74, 6) is -0.204. The highest BCUT2D eigenvalue weighted by Crippen LogP contribution is 2.44. The summed E-state index contributed by atoms with van der Waals surface area (Å²) < 4.78 is 13.7. The van der Waals surface area contributed by atoms with Gasteiger partial charge < -0.3 is 30.0 Å². The zero-order chi connectivity index (χ0) is 34.3. The lowest BCUT2D eigenvalue weighted by Gasteiger charge is -2.23. The number of anilines is 1. The van der Waals surface area contributed by atoms with Crippen LogP contribution >= 0.6 is 23.2 Å². The lowest BCUT2D eigenvalue weighted by Crippen LogP contribution is -2.40. The van der Waals surface area contributed by atoms with Crippen molar-refractivity contribution in [3.8, 4) is 28.3 Å². The van der Waals surface area contributed by atoms with Gasteiger partial charge in [0.15, 0.2) is 0 Å². The van der Waals surface area contributed by atoms with Crippen molar-refractivity contribution < 1.29 is 19.1 Å². The van der Waals surface area contributed by atoms with Crippen molar-refractivity contribution in [3.63, 3.8) is 0 Å². The van der Waals surface area contributed by atoms with E-state index in [9.17, 15) is 19.2 Å². The average Bonchev–Trinajstić information content (AvgIpc) is 3.67. The van der Waals surface area contributed by atoms with Crippen LogP contribution in [0.15, 0.2) is 58.3 Å². The number of ether oxygens (including phenoxy) is 2. The van der Waals surface area contributed by atoms with Gasteiger partial charge in [-0.2, -0.15) is 0 Å². The van der Waals surface area contributed by atoms with Gasteiger partial charge in [-0.15, -0.1) is 0 Å². The van der Waals surface area contributed by atoms with Gasteiger partial charge in [-0.3, -0.25) is 19.0 Å². The molecule has 3 atom stereocenters. The van der Waals surface area contributed by atoms with Gasteiger partial charge in [-0.25, -0.2) is 9.78 Å². The Kier molecular flexibility index (Phi) is 9.44. The normalized spacial score (nSPS) is 18.5. The first-order chi connectivity index (χ1) is 23.0. The minimum Gasteiger partial charge on any atom is -0.481 e. The number of aryl methyl sites for hydroxylation is 1. The molecule has 6 rings (SSSR count). The molecule has 2 aromatic heterocycles. The third kappa shape index (κ3) is 6.12.